The SMILES string of the molecule is C=CCN(Cc1cnc(S(=O)(=O)Cc2cccc(C(F)(F)F)c2)n1C1CC1)C(=O)c1ccccc1. The van der Waals surface area contributed by atoms with Gasteiger partial charge in [-0.25, -0.2) is 13.4 Å². The van der Waals surface area contributed by atoms with Crippen LogP contribution >= 0.6 is 0 Å². The Morgan fingerprint density at radius 2 is 1.86 bits per heavy atom. The lowest BCUT2D eigenvalue weighted by atomic mass is 10.1. The van der Waals surface area contributed by atoms with E-state index in [2.05, 4.69) is 11.6 Å². The fourth-order valence-corrected chi connectivity index (χ4v) is 5.43. The number of carbonyl (C=O) groups excluding carboxylic acids is 1. The molecule has 1 fully saturated rings. The van der Waals surface area contributed by atoms with Crippen LogP contribution in [-0.2, 0) is 28.3 Å². The van der Waals surface area contributed by atoms with Crippen molar-refractivity contribution in [3.05, 3.63) is 95.8 Å². The number of imidazole rings is 1. The maximum atomic E-state index is 13.2. The number of hydrogen-bond acceptors (Lipinski definition) is 4. The number of alkyl halides is 3. The Morgan fingerprint density at radius 3 is 2.49 bits per heavy atom. The highest BCUT2D eigenvalue weighted by molar-refractivity contribution is 7.90. The van der Waals surface area contributed by atoms with Crippen molar-refractivity contribution < 1.29 is 26.4 Å². The third-order valence-corrected chi connectivity index (χ3v) is 7.22. The molecule has 1 amide bonds. The van der Waals surface area contributed by atoms with Gasteiger partial charge in [0, 0.05) is 18.2 Å². The summed E-state index contributed by atoms with van der Waals surface area (Å²) in [4.78, 5) is 18.7. The second-order valence-electron chi connectivity index (χ2n) is 8.43. The summed E-state index contributed by atoms with van der Waals surface area (Å²) in [5.41, 5.74) is 0.153. The molecule has 2 aromatic carbocycles. The van der Waals surface area contributed by atoms with Gasteiger partial charge in [0.05, 0.1) is 29.8 Å². The number of sulfone groups is 1. The second-order valence-corrected chi connectivity index (χ2v) is 10.3. The predicted octanol–water partition coefficient (Wildman–Crippen LogP) is 5.04. The Bertz CT molecular complexity index is 1330. The van der Waals surface area contributed by atoms with Crippen molar-refractivity contribution in [2.75, 3.05) is 6.54 Å². The van der Waals surface area contributed by atoms with Crippen LogP contribution in [0.25, 0.3) is 0 Å². The number of benzene rings is 2. The van der Waals surface area contributed by atoms with E-state index >= 15 is 0 Å². The van der Waals surface area contributed by atoms with E-state index in [0.29, 0.717) is 11.3 Å². The van der Waals surface area contributed by atoms with Gasteiger partial charge in [0.1, 0.15) is 0 Å². The fourth-order valence-electron chi connectivity index (χ4n) is 3.90. The summed E-state index contributed by atoms with van der Waals surface area (Å²) in [5, 5.41) is -0.196. The summed E-state index contributed by atoms with van der Waals surface area (Å²) in [7, 11) is -4.05. The largest absolute Gasteiger partial charge is 0.416 e. The van der Waals surface area contributed by atoms with Gasteiger partial charge in [-0.2, -0.15) is 13.2 Å². The molecule has 1 aromatic heterocycles. The predicted molar refractivity (Wildman–Crippen MR) is 124 cm³/mol. The van der Waals surface area contributed by atoms with Crippen LogP contribution in [0, 0.1) is 0 Å². The first kappa shape index (κ1) is 24.7. The molecule has 1 saturated carbocycles. The van der Waals surface area contributed by atoms with Gasteiger partial charge in [-0.1, -0.05) is 42.5 Å². The topological polar surface area (TPSA) is 72.3 Å². The van der Waals surface area contributed by atoms with Crippen LogP contribution in [0.3, 0.4) is 0 Å². The van der Waals surface area contributed by atoms with Gasteiger partial charge < -0.3 is 9.47 Å². The third kappa shape index (κ3) is 5.64. The molecular weight excluding hydrogens is 479 g/mol. The van der Waals surface area contributed by atoms with Gasteiger partial charge >= 0.3 is 6.18 Å². The van der Waals surface area contributed by atoms with Crippen molar-refractivity contribution in [1.29, 1.82) is 0 Å². The molecule has 184 valence electrons. The zero-order valence-electron chi connectivity index (χ0n) is 18.8. The molecule has 10 heteroatoms. The van der Waals surface area contributed by atoms with Crippen LogP contribution < -0.4 is 0 Å². The standard InChI is InChI=1S/C25H24F3N3O3S/c1-2-13-30(23(32)19-8-4-3-5-9-19)16-22-15-29-24(31(22)21-11-12-21)35(33,34)17-18-7-6-10-20(14-18)25(26,27)28/h2-10,14-15,21H,1,11-13,16-17H2. The molecule has 1 heterocycles. The monoisotopic (exact) mass is 503 g/mol. The summed E-state index contributed by atoms with van der Waals surface area (Å²) in [5.74, 6) is -0.846. The lowest BCUT2D eigenvalue weighted by Gasteiger charge is -2.22. The van der Waals surface area contributed by atoms with Crippen LogP contribution in [0.2, 0.25) is 0 Å². The lowest BCUT2D eigenvalue weighted by Crippen LogP contribution is -2.31. The smallest absolute Gasteiger partial charge is 0.329 e. The third-order valence-electron chi connectivity index (χ3n) is 5.65. The molecule has 0 spiro atoms. The molecule has 1 aliphatic rings. The molecule has 1 aliphatic carbocycles. The number of hydrogen-bond donors (Lipinski definition) is 0. The molecular formula is C25H24F3N3O3S. The van der Waals surface area contributed by atoms with Crippen LogP contribution in [0.4, 0.5) is 13.2 Å². The Labute approximate surface area is 201 Å². The van der Waals surface area contributed by atoms with Gasteiger partial charge in [0.2, 0.25) is 15.0 Å². The summed E-state index contributed by atoms with van der Waals surface area (Å²) in [6.07, 6.45) is -0.0535. The molecule has 4 rings (SSSR count). The van der Waals surface area contributed by atoms with Crippen molar-refractivity contribution in [2.45, 2.75) is 42.5 Å². The molecule has 0 saturated heterocycles. The molecule has 0 N–H and O–H groups in total. The molecule has 0 radical (unpaired) electrons. The number of nitrogens with zero attached hydrogens (tertiary/aromatic N) is 3. The maximum absolute atomic E-state index is 13.2. The van der Waals surface area contributed by atoms with Crippen molar-refractivity contribution in [2.24, 2.45) is 0 Å². The number of amides is 1. The first-order chi connectivity index (χ1) is 16.6. The Kier molecular flexibility index (Phi) is 6.84. The maximum Gasteiger partial charge on any atom is 0.416 e. The zero-order valence-corrected chi connectivity index (χ0v) is 19.6. The minimum absolute atomic E-state index is 0.0271. The van der Waals surface area contributed by atoms with Gasteiger partial charge in [0.25, 0.3) is 5.91 Å². The van der Waals surface area contributed by atoms with Gasteiger partial charge in [0.15, 0.2) is 0 Å². The molecule has 35 heavy (non-hydrogen) atoms. The van der Waals surface area contributed by atoms with E-state index < -0.39 is 27.3 Å². The quantitative estimate of drug-likeness (QED) is 0.384. The van der Waals surface area contributed by atoms with Crippen LogP contribution in [0.15, 0.2) is 78.6 Å². The van der Waals surface area contributed by atoms with Crippen LogP contribution in [0.5, 0.6) is 0 Å². The van der Waals surface area contributed by atoms with E-state index in [1.54, 1.807) is 45.9 Å². The van der Waals surface area contributed by atoms with Crippen LogP contribution in [0.1, 0.15) is 46.1 Å². The van der Waals surface area contributed by atoms with E-state index in [0.717, 1.165) is 25.0 Å². The van der Waals surface area contributed by atoms with E-state index in [9.17, 15) is 26.4 Å². The van der Waals surface area contributed by atoms with Crippen molar-refractivity contribution in [3.8, 4) is 0 Å². The number of aromatic nitrogens is 2. The zero-order chi connectivity index (χ0) is 25.2. The highest BCUT2D eigenvalue weighted by Crippen LogP contribution is 2.39. The average molecular weight is 504 g/mol. The van der Waals surface area contributed by atoms with E-state index in [-0.39, 0.29) is 35.8 Å². The average Bonchev–Trinajstić information content (AvgIpc) is 3.57. The molecule has 3 aromatic rings. The Morgan fingerprint density at radius 1 is 1.14 bits per heavy atom. The Balaban J connectivity index is 1.63. The fraction of sp³-hybridized carbons (Fsp3) is 0.280. The lowest BCUT2D eigenvalue weighted by molar-refractivity contribution is -0.137. The highest BCUT2D eigenvalue weighted by Gasteiger charge is 2.35. The van der Waals surface area contributed by atoms with Crippen LogP contribution in [-0.4, -0.2) is 35.3 Å². The van der Waals surface area contributed by atoms with Gasteiger partial charge in [-0.3, -0.25) is 4.79 Å². The normalized spacial score (nSPS) is 14.0. The molecule has 0 unspecified atom stereocenters. The Hall–Kier alpha value is -3.40. The van der Waals surface area contributed by atoms with E-state index in [1.807, 2.05) is 0 Å². The highest BCUT2D eigenvalue weighted by atomic mass is 32.2. The van der Waals surface area contributed by atoms with Gasteiger partial charge in [-0.15, -0.1) is 6.58 Å². The molecule has 0 bridgehead atoms. The summed E-state index contributed by atoms with van der Waals surface area (Å²) in [6, 6.07) is 12.9. The van der Waals surface area contributed by atoms with Crippen molar-refractivity contribution in [1.82, 2.24) is 14.5 Å². The van der Waals surface area contributed by atoms with E-state index in [4.69, 9.17) is 0 Å². The molecule has 6 nitrogen and oxygen atoms in total. The number of rotatable bonds is 9. The van der Waals surface area contributed by atoms with Gasteiger partial charge in [-0.05, 0) is 36.6 Å². The summed E-state index contributed by atoms with van der Waals surface area (Å²) >= 11 is 0. The number of carbonyl (C=O) groups is 1. The summed E-state index contributed by atoms with van der Waals surface area (Å²) in [6.45, 7) is 4.07. The number of halogens is 3. The molecule has 0 aliphatic heterocycles. The second kappa shape index (κ2) is 9.69. The first-order valence-electron chi connectivity index (χ1n) is 11.0. The minimum atomic E-state index is -4.57. The van der Waals surface area contributed by atoms with Crippen molar-refractivity contribution in [3.63, 3.8) is 0 Å². The minimum Gasteiger partial charge on any atom is -0.329 e. The van der Waals surface area contributed by atoms with Crippen molar-refractivity contribution >= 4 is 15.7 Å². The van der Waals surface area contributed by atoms with E-state index in [1.165, 1.54) is 18.3 Å². The molecule has 0 atom stereocenters. The summed E-state index contributed by atoms with van der Waals surface area (Å²) < 4.78 is 67.3. The first-order valence-corrected chi connectivity index (χ1v) is 12.7.